The Morgan fingerprint density at radius 2 is 1.92 bits per heavy atom. The number of amides is 1. The van der Waals surface area contributed by atoms with Gasteiger partial charge < -0.3 is 14.8 Å². The van der Waals surface area contributed by atoms with Crippen molar-refractivity contribution in [1.29, 1.82) is 5.26 Å². The Labute approximate surface area is 151 Å². The molecule has 6 nitrogen and oxygen atoms in total. The van der Waals surface area contributed by atoms with Gasteiger partial charge in [0.05, 0.1) is 18.7 Å². The van der Waals surface area contributed by atoms with Crippen LogP contribution in [-0.2, 0) is 14.3 Å². The average Bonchev–Trinajstić information content (AvgIpc) is 2.67. The van der Waals surface area contributed by atoms with Crippen molar-refractivity contribution < 1.29 is 19.1 Å². The topological polar surface area (TPSA) is 88.4 Å². The lowest BCUT2D eigenvalue weighted by molar-refractivity contribution is -0.148. The van der Waals surface area contributed by atoms with Crippen molar-refractivity contribution in [3.8, 4) is 11.8 Å². The number of nitrogens with zero attached hydrogens (tertiary/aromatic N) is 1. The van der Waals surface area contributed by atoms with Crippen molar-refractivity contribution in [2.45, 2.75) is 13.0 Å². The van der Waals surface area contributed by atoms with Gasteiger partial charge in [0.2, 0.25) is 0 Å². The van der Waals surface area contributed by atoms with E-state index in [0.29, 0.717) is 17.0 Å². The number of anilines is 1. The fourth-order valence-corrected chi connectivity index (χ4v) is 2.05. The Balaban J connectivity index is 1.89. The van der Waals surface area contributed by atoms with Gasteiger partial charge in [-0.25, -0.2) is 4.79 Å². The molecule has 26 heavy (non-hydrogen) atoms. The molecule has 0 radical (unpaired) electrons. The summed E-state index contributed by atoms with van der Waals surface area (Å²) in [4.78, 5) is 23.9. The highest BCUT2D eigenvalue weighted by Crippen LogP contribution is 2.14. The Hall–Kier alpha value is -3.59. The van der Waals surface area contributed by atoms with Gasteiger partial charge in [0.1, 0.15) is 5.75 Å². The first kappa shape index (κ1) is 18.7. The highest BCUT2D eigenvalue weighted by atomic mass is 16.5. The number of nitrogens with one attached hydrogen (secondary N) is 1. The molecule has 0 heterocycles. The third-order valence-corrected chi connectivity index (χ3v) is 3.45. The van der Waals surface area contributed by atoms with Crippen LogP contribution in [0.25, 0.3) is 6.08 Å². The number of ether oxygens (including phenoxy) is 2. The molecule has 0 unspecified atom stereocenters. The van der Waals surface area contributed by atoms with Crippen molar-refractivity contribution in [1.82, 2.24) is 0 Å². The molecule has 1 amide bonds. The van der Waals surface area contributed by atoms with E-state index in [9.17, 15) is 9.59 Å². The lowest BCUT2D eigenvalue weighted by Gasteiger charge is -2.12. The molecule has 0 aliphatic heterocycles. The molecule has 0 saturated carbocycles. The van der Waals surface area contributed by atoms with E-state index in [0.717, 1.165) is 5.56 Å². The van der Waals surface area contributed by atoms with Crippen LogP contribution in [0.3, 0.4) is 0 Å². The van der Waals surface area contributed by atoms with E-state index in [-0.39, 0.29) is 0 Å². The fraction of sp³-hybridized carbons (Fsp3) is 0.150. The maximum atomic E-state index is 12.1. The normalized spacial score (nSPS) is 11.4. The van der Waals surface area contributed by atoms with E-state index in [1.54, 1.807) is 55.7 Å². The van der Waals surface area contributed by atoms with Gasteiger partial charge in [0.25, 0.3) is 5.91 Å². The van der Waals surface area contributed by atoms with E-state index in [1.165, 1.54) is 13.0 Å². The number of rotatable bonds is 6. The molecular weight excluding hydrogens is 332 g/mol. The lowest BCUT2D eigenvalue weighted by atomic mass is 10.2. The second-order valence-corrected chi connectivity index (χ2v) is 5.37. The van der Waals surface area contributed by atoms with Crippen molar-refractivity contribution >= 4 is 23.6 Å². The predicted octanol–water partition coefficient (Wildman–Crippen LogP) is 3.15. The molecular formula is C20H18N2O4. The van der Waals surface area contributed by atoms with Gasteiger partial charge in [-0.05, 0) is 55.0 Å². The molecule has 1 N–H and O–H groups in total. The maximum absolute atomic E-state index is 12.1. The zero-order valence-electron chi connectivity index (χ0n) is 14.4. The summed E-state index contributed by atoms with van der Waals surface area (Å²) in [6.45, 7) is 1.48. The number of hydrogen-bond donors (Lipinski definition) is 1. The van der Waals surface area contributed by atoms with Crippen LogP contribution >= 0.6 is 0 Å². The van der Waals surface area contributed by atoms with Gasteiger partial charge in [-0.1, -0.05) is 12.1 Å². The number of carbonyl (C=O) groups excluding carboxylic acids is 2. The van der Waals surface area contributed by atoms with Crippen LogP contribution < -0.4 is 10.1 Å². The van der Waals surface area contributed by atoms with Crippen LogP contribution in [0.4, 0.5) is 5.69 Å². The summed E-state index contributed by atoms with van der Waals surface area (Å²) in [5, 5.41) is 11.4. The number of carbonyl (C=O) groups is 2. The first-order valence-electron chi connectivity index (χ1n) is 7.85. The van der Waals surface area contributed by atoms with Crippen molar-refractivity contribution in [2.75, 3.05) is 12.4 Å². The minimum Gasteiger partial charge on any atom is -0.497 e. The first-order chi connectivity index (χ1) is 12.5. The number of methoxy groups -OCH3 is 1. The summed E-state index contributed by atoms with van der Waals surface area (Å²) in [5.74, 6) is -0.413. The molecule has 132 valence electrons. The zero-order chi connectivity index (χ0) is 18.9. The van der Waals surface area contributed by atoms with Crippen molar-refractivity contribution in [2.24, 2.45) is 0 Å². The second kappa shape index (κ2) is 9.04. The van der Waals surface area contributed by atoms with Gasteiger partial charge in [-0.3, -0.25) is 4.79 Å². The molecule has 0 aliphatic rings. The highest BCUT2D eigenvalue weighted by molar-refractivity contribution is 5.96. The van der Waals surface area contributed by atoms with E-state index in [1.807, 2.05) is 12.1 Å². The first-order valence-corrected chi connectivity index (χ1v) is 7.85. The summed E-state index contributed by atoms with van der Waals surface area (Å²) in [6, 6.07) is 15.6. The van der Waals surface area contributed by atoms with E-state index in [4.69, 9.17) is 14.7 Å². The fourth-order valence-electron chi connectivity index (χ4n) is 2.05. The van der Waals surface area contributed by atoms with Crippen LogP contribution in [-0.4, -0.2) is 25.1 Å². The monoisotopic (exact) mass is 350 g/mol. The minimum atomic E-state index is -0.965. The SMILES string of the molecule is COc1cccc(/C=C/C(=O)O[C@H](C)C(=O)Nc2ccc(C#N)cc2)c1. The van der Waals surface area contributed by atoms with Crippen molar-refractivity contribution in [3.63, 3.8) is 0 Å². The molecule has 0 aliphatic carbocycles. The largest absolute Gasteiger partial charge is 0.497 e. The summed E-state index contributed by atoms with van der Waals surface area (Å²) in [7, 11) is 1.56. The molecule has 0 spiro atoms. The number of esters is 1. The highest BCUT2D eigenvalue weighted by Gasteiger charge is 2.16. The van der Waals surface area contributed by atoms with E-state index in [2.05, 4.69) is 5.32 Å². The van der Waals surface area contributed by atoms with Crippen LogP contribution in [0.5, 0.6) is 5.75 Å². The van der Waals surface area contributed by atoms with E-state index >= 15 is 0 Å². The Morgan fingerprint density at radius 1 is 1.19 bits per heavy atom. The van der Waals surface area contributed by atoms with Gasteiger partial charge in [0.15, 0.2) is 6.10 Å². The summed E-state index contributed by atoms with van der Waals surface area (Å²) < 4.78 is 10.2. The quantitative estimate of drug-likeness (QED) is 0.639. The predicted molar refractivity (Wildman–Crippen MR) is 97.4 cm³/mol. The summed E-state index contributed by atoms with van der Waals surface area (Å²) >= 11 is 0. The molecule has 1 atom stereocenters. The number of nitriles is 1. The van der Waals surface area contributed by atoms with Crippen LogP contribution in [0, 0.1) is 11.3 Å². The van der Waals surface area contributed by atoms with Crippen LogP contribution in [0.15, 0.2) is 54.6 Å². The number of benzene rings is 2. The lowest BCUT2D eigenvalue weighted by Crippen LogP contribution is -2.29. The van der Waals surface area contributed by atoms with E-state index < -0.39 is 18.0 Å². The Kier molecular flexibility index (Phi) is 6.52. The summed E-state index contributed by atoms with van der Waals surface area (Å²) in [6.07, 6.45) is 1.87. The standard InChI is InChI=1S/C20H18N2O4/c1-14(20(24)22-17-9-6-16(13-21)7-10-17)26-19(23)11-8-15-4-3-5-18(12-15)25-2/h3-12,14H,1-2H3,(H,22,24)/b11-8+/t14-/m1/s1. The molecule has 2 aromatic carbocycles. The molecule has 2 rings (SSSR count). The van der Waals surface area contributed by atoms with Gasteiger partial charge in [0, 0.05) is 11.8 Å². The molecule has 0 bridgehead atoms. The van der Waals surface area contributed by atoms with Crippen LogP contribution in [0.2, 0.25) is 0 Å². The third kappa shape index (κ3) is 5.49. The minimum absolute atomic E-state index is 0.460. The van der Waals surface area contributed by atoms with Crippen LogP contribution in [0.1, 0.15) is 18.1 Å². The van der Waals surface area contributed by atoms with Gasteiger partial charge >= 0.3 is 5.97 Å². The Morgan fingerprint density at radius 3 is 2.58 bits per heavy atom. The molecule has 2 aromatic rings. The van der Waals surface area contributed by atoms with Crippen molar-refractivity contribution in [3.05, 3.63) is 65.7 Å². The van der Waals surface area contributed by atoms with Gasteiger partial charge in [-0.15, -0.1) is 0 Å². The third-order valence-electron chi connectivity index (χ3n) is 3.45. The Bertz CT molecular complexity index is 851. The molecule has 6 heteroatoms. The maximum Gasteiger partial charge on any atom is 0.331 e. The number of hydrogen-bond acceptors (Lipinski definition) is 5. The van der Waals surface area contributed by atoms with Gasteiger partial charge in [-0.2, -0.15) is 5.26 Å². The molecule has 0 fully saturated rings. The molecule has 0 saturated heterocycles. The molecule has 0 aromatic heterocycles. The summed E-state index contributed by atoms with van der Waals surface area (Å²) in [5.41, 5.74) is 1.78. The average molecular weight is 350 g/mol. The zero-order valence-corrected chi connectivity index (χ0v) is 14.4. The second-order valence-electron chi connectivity index (χ2n) is 5.37. The smallest absolute Gasteiger partial charge is 0.331 e.